The first-order valence-electron chi connectivity index (χ1n) is 9.97. The van der Waals surface area contributed by atoms with Crippen molar-refractivity contribution in [3.63, 3.8) is 0 Å². The van der Waals surface area contributed by atoms with Crippen molar-refractivity contribution in [3.8, 4) is 5.75 Å². The van der Waals surface area contributed by atoms with Crippen LogP contribution in [-0.2, 0) is 0 Å². The first-order chi connectivity index (χ1) is 14.1. The zero-order chi connectivity index (χ0) is 21.6. The van der Waals surface area contributed by atoms with E-state index in [0.717, 1.165) is 25.1 Å². The van der Waals surface area contributed by atoms with Gasteiger partial charge in [0.15, 0.2) is 11.6 Å². The summed E-state index contributed by atoms with van der Waals surface area (Å²) >= 11 is 0. The molecule has 2 aliphatic carbocycles. The molecule has 3 aliphatic rings. The number of rotatable bonds is 4. The minimum atomic E-state index is -1.44. The van der Waals surface area contributed by atoms with Gasteiger partial charge in [0, 0.05) is 36.7 Å². The lowest BCUT2D eigenvalue weighted by atomic mass is 9.87. The van der Waals surface area contributed by atoms with E-state index in [-0.39, 0.29) is 34.2 Å². The predicted molar refractivity (Wildman–Crippen MR) is 107 cm³/mol. The van der Waals surface area contributed by atoms with Crippen LogP contribution in [0.15, 0.2) is 17.1 Å². The standard InChI is InChI=1S/C21H23F2N3O4/c1-20(24)8-25(9-21(20)3-4-21)16-13(23)5-10-15(18(16)30-2)26(14-6-12(14)22)7-11(17(10)27)19(28)29/h5,7,12,14H,3-4,6,8-9,24H2,1-2H3,(H,28,29)/t12-,14?,20+/m1/s1. The third-order valence-corrected chi connectivity index (χ3v) is 7.07. The van der Waals surface area contributed by atoms with Crippen LogP contribution in [-0.4, -0.2) is 47.6 Å². The number of nitrogens with zero attached hydrogens (tertiary/aromatic N) is 2. The van der Waals surface area contributed by atoms with Crippen LogP contribution < -0.4 is 20.8 Å². The van der Waals surface area contributed by atoms with E-state index in [4.69, 9.17) is 10.5 Å². The van der Waals surface area contributed by atoms with Crippen LogP contribution in [0.4, 0.5) is 14.5 Å². The van der Waals surface area contributed by atoms with Crippen molar-refractivity contribution < 1.29 is 23.4 Å². The molecule has 2 heterocycles. The van der Waals surface area contributed by atoms with Gasteiger partial charge in [0.25, 0.3) is 0 Å². The Morgan fingerprint density at radius 1 is 1.37 bits per heavy atom. The minimum Gasteiger partial charge on any atom is -0.492 e. The molecule has 1 aromatic heterocycles. The molecule has 3 fully saturated rings. The number of hydrogen-bond acceptors (Lipinski definition) is 5. The lowest BCUT2D eigenvalue weighted by Crippen LogP contribution is -2.45. The van der Waals surface area contributed by atoms with Crippen molar-refractivity contribution in [2.45, 2.75) is 43.9 Å². The van der Waals surface area contributed by atoms with E-state index in [2.05, 4.69) is 0 Å². The Morgan fingerprint density at radius 2 is 2.03 bits per heavy atom. The summed E-state index contributed by atoms with van der Waals surface area (Å²) in [5.74, 6) is -2.03. The molecule has 3 atom stereocenters. The Hall–Kier alpha value is -2.68. The number of nitrogens with two attached hydrogens (primary N) is 1. The maximum absolute atomic E-state index is 15.3. The van der Waals surface area contributed by atoms with Crippen LogP contribution in [0.5, 0.6) is 5.75 Å². The molecule has 5 rings (SSSR count). The molecule has 2 saturated carbocycles. The Kier molecular flexibility index (Phi) is 3.82. The van der Waals surface area contributed by atoms with Gasteiger partial charge in [-0.3, -0.25) is 4.79 Å². The summed E-state index contributed by atoms with van der Waals surface area (Å²) in [4.78, 5) is 26.2. The molecule has 0 radical (unpaired) electrons. The van der Waals surface area contributed by atoms with Crippen molar-refractivity contribution in [2.24, 2.45) is 11.1 Å². The van der Waals surface area contributed by atoms with Crippen molar-refractivity contribution in [3.05, 3.63) is 33.9 Å². The molecule has 1 unspecified atom stereocenters. The number of methoxy groups -OCH3 is 1. The maximum atomic E-state index is 15.3. The molecule has 1 aliphatic heterocycles. The number of halogens is 2. The van der Waals surface area contributed by atoms with E-state index in [1.807, 2.05) is 11.8 Å². The van der Waals surface area contributed by atoms with Crippen LogP contribution in [0.2, 0.25) is 0 Å². The molecule has 2 aromatic rings. The van der Waals surface area contributed by atoms with Crippen molar-refractivity contribution in [2.75, 3.05) is 25.1 Å². The number of aromatic carboxylic acids is 1. The van der Waals surface area contributed by atoms with Crippen LogP contribution in [0.1, 0.15) is 42.6 Å². The van der Waals surface area contributed by atoms with E-state index >= 15 is 4.39 Å². The van der Waals surface area contributed by atoms with Crippen molar-refractivity contribution in [1.29, 1.82) is 0 Å². The first-order valence-corrected chi connectivity index (χ1v) is 9.97. The smallest absolute Gasteiger partial charge is 0.341 e. The van der Waals surface area contributed by atoms with E-state index in [0.29, 0.717) is 13.1 Å². The minimum absolute atomic E-state index is 0.0766. The summed E-state index contributed by atoms with van der Waals surface area (Å²) in [5, 5.41) is 9.27. The lowest BCUT2D eigenvalue weighted by Gasteiger charge is -2.26. The van der Waals surface area contributed by atoms with Gasteiger partial charge in [0.1, 0.15) is 17.4 Å². The highest BCUT2D eigenvalue weighted by molar-refractivity contribution is 5.97. The van der Waals surface area contributed by atoms with Crippen molar-refractivity contribution >= 4 is 22.6 Å². The fourth-order valence-electron chi connectivity index (χ4n) is 4.99. The second-order valence-electron chi connectivity index (χ2n) is 9.09. The van der Waals surface area contributed by atoms with Gasteiger partial charge in [0.05, 0.1) is 24.1 Å². The number of ether oxygens (including phenoxy) is 1. The first kappa shape index (κ1) is 19.3. The molecular formula is C21H23F2N3O4. The Bertz CT molecular complexity index is 1150. The largest absolute Gasteiger partial charge is 0.492 e. The number of hydrogen-bond donors (Lipinski definition) is 2. The number of pyridine rings is 1. The monoisotopic (exact) mass is 419 g/mol. The van der Waals surface area contributed by atoms with Gasteiger partial charge in [-0.25, -0.2) is 13.6 Å². The van der Waals surface area contributed by atoms with E-state index < -0.39 is 40.5 Å². The fraction of sp³-hybridized carbons (Fsp3) is 0.524. The summed E-state index contributed by atoms with van der Waals surface area (Å²) in [6.45, 7) is 2.93. The zero-order valence-electron chi connectivity index (χ0n) is 16.7. The Balaban J connectivity index is 1.78. The van der Waals surface area contributed by atoms with E-state index in [9.17, 15) is 19.1 Å². The third kappa shape index (κ3) is 2.50. The van der Waals surface area contributed by atoms with Gasteiger partial charge in [-0.15, -0.1) is 0 Å². The molecule has 1 aromatic carbocycles. The molecule has 9 heteroatoms. The highest BCUT2D eigenvalue weighted by Gasteiger charge is 2.61. The summed E-state index contributed by atoms with van der Waals surface area (Å²) in [6.07, 6.45) is 2.10. The van der Waals surface area contributed by atoms with Gasteiger partial charge in [-0.05, 0) is 25.8 Å². The molecular weight excluding hydrogens is 396 g/mol. The van der Waals surface area contributed by atoms with Crippen molar-refractivity contribution in [1.82, 2.24) is 4.57 Å². The van der Waals surface area contributed by atoms with E-state index in [1.165, 1.54) is 11.7 Å². The number of aromatic nitrogens is 1. The lowest BCUT2D eigenvalue weighted by molar-refractivity contribution is 0.0694. The van der Waals surface area contributed by atoms with Gasteiger partial charge in [-0.2, -0.15) is 0 Å². The summed E-state index contributed by atoms with van der Waals surface area (Å²) in [7, 11) is 1.36. The molecule has 1 spiro atoms. The van der Waals surface area contributed by atoms with Gasteiger partial charge >= 0.3 is 5.97 Å². The predicted octanol–water partition coefficient (Wildman–Crippen LogP) is 2.45. The number of anilines is 1. The SMILES string of the molecule is COc1c(N2CC3(CC3)[C@@](C)(N)C2)c(F)cc2c(=O)c(C(=O)O)cn(C3C[C@H]3F)c12. The quantitative estimate of drug-likeness (QED) is 0.790. The van der Waals surface area contributed by atoms with Crippen LogP contribution in [0.25, 0.3) is 10.9 Å². The van der Waals surface area contributed by atoms with Crippen LogP contribution >= 0.6 is 0 Å². The van der Waals surface area contributed by atoms with Gasteiger partial charge in [0.2, 0.25) is 5.43 Å². The molecule has 7 nitrogen and oxygen atoms in total. The third-order valence-electron chi connectivity index (χ3n) is 7.07. The average Bonchev–Trinajstić information content (AvgIpc) is 3.57. The highest BCUT2D eigenvalue weighted by atomic mass is 19.1. The molecule has 30 heavy (non-hydrogen) atoms. The second-order valence-corrected chi connectivity index (χ2v) is 9.09. The number of fused-ring (bicyclic) bond motifs is 1. The van der Waals surface area contributed by atoms with Crippen LogP contribution in [0.3, 0.4) is 0 Å². The van der Waals surface area contributed by atoms with Gasteiger partial charge < -0.3 is 25.0 Å². The molecule has 3 N–H and O–H groups in total. The number of benzene rings is 1. The summed E-state index contributed by atoms with van der Waals surface area (Å²) < 4.78 is 36.3. The second kappa shape index (κ2) is 5.94. The van der Waals surface area contributed by atoms with E-state index in [1.54, 1.807) is 0 Å². The molecule has 0 amide bonds. The highest BCUT2D eigenvalue weighted by Crippen LogP contribution is 2.59. The summed E-state index contributed by atoms with van der Waals surface area (Å²) in [5.41, 5.74) is 4.98. The number of carboxylic acids is 1. The topological polar surface area (TPSA) is 97.8 Å². The maximum Gasteiger partial charge on any atom is 0.341 e. The Labute approximate surface area is 171 Å². The number of carbonyl (C=O) groups is 1. The number of alkyl halides is 1. The fourth-order valence-corrected chi connectivity index (χ4v) is 4.99. The van der Waals surface area contributed by atoms with Crippen LogP contribution in [0, 0.1) is 11.2 Å². The molecule has 160 valence electrons. The van der Waals surface area contributed by atoms with Gasteiger partial charge in [-0.1, -0.05) is 0 Å². The summed E-state index contributed by atoms with van der Waals surface area (Å²) in [6, 6.07) is 0.423. The molecule has 0 bridgehead atoms. The molecule has 1 saturated heterocycles. The normalized spacial score (nSPS) is 28.9. The Morgan fingerprint density at radius 3 is 2.53 bits per heavy atom. The average molecular weight is 419 g/mol. The zero-order valence-corrected chi connectivity index (χ0v) is 16.7. The number of carboxylic acid groups (broad SMARTS) is 1.